The number of hydrogen-bond acceptors (Lipinski definition) is 3. The molecule has 0 bridgehead atoms. The van der Waals surface area contributed by atoms with Crippen LogP contribution < -0.4 is 5.46 Å². The lowest BCUT2D eigenvalue weighted by Crippen LogP contribution is -2.29. The van der Waals surface area contributed by atoms with Crippen LogP contribution in [0.4, 0.5) is 0 Å². The Labute approximate surface area is 84.2 Å². The summed E-state index contributed by atoms with van der Waals surface area (Å²) in [7, 11) is -1.39. The van der Waals surface area contributed by atoms with Crippen LogP contribution in [0, 0.1) is 0 Å². The van der Waals surface area contributed by atoms with Crippen molar-refractivity contribution in [3.63, 3.8) is 0 Å². The Bertz CT molecular complexity index is 259. The normalized spacial score (nSPS) is 10.2. The molecule has 0 radical (unpaired) electrons. The van der Waals surface area contributed by atoms with Gasteiger partial charge in [-0.2, -0.15) is 0 Å². The average Bonchev–Trinajstić information content (AvgIpc) is 2.19. The second kappa shape index (κ2) is 5.80. The minimum atomic E-state index is -1.39. The first-order chi connectivity index (χ1) is 6.74. The molecule has 0 saturated carbocycles. The Hall–Kier alpha value is -0.835. The van der Waals surface area contributed by atoms with Crippen LogP contribution in [0.2, 0.25) is 0 Å². The van der Waals surface area contributed by atoms with Gasteiger partial charge in [0, 0.05) is 6.61 Å². The summed E-state index contributed by atoms with van der Waals surface area (Å²) < 4.78 is 0. The molecule has 4 heteroatoms. The van der Waals surface area contributed by atoms with Crippen molar-refractivity contribution in [2.45, 2.75) is 19.3 Å². The van der Waals surface area contributed by atoms with Crippen LogP contribution in [0.5, 0.6) is 0 Å². The highest BCUT2D eigenvalue weighted by atomic mass is 16.4. The van der Waals surface area contributed by atoms with Crippen molar-refractivity contribution in [3.05, 3.63) is 29.8 Å². The molecule has 0 aliphatic rings. The van der Waals surface area contributed by atoms with Gasteiger partial charge in [0.15, 0.2) is 0 Å². The molecular weight excluding hydrogens is 179 g/mol. The zero-order valence-electron chi connectivity index (χ0n) is 8.06. The highest BCUT2D eigenvalue weighted by Crippen LogP contribution is 2.03. The predicted octanol–water partition coefficient (Wildman–Crippen LogP) is -0.319. The van der Waals surface area contributed by atoms with E-state index in [2.05, 4.69) is 0 Å². The topological polar surface area (TPSA) is 60.7 Å². The van der Waals surface area contributed by atoms with E-state index in [9.17, 15) is 0 Å². The quantitative estimate of drug-likeness (QED) is 0.444. The molecule has 0 aliphatic carbocycles. The van der Waals surface area contributed by atoms with Gasteiger partial charge in [0.25, 0.3) is 0 Å². The van der Waals surface area contributed by atoms with E-state index in [1.165, 1.54) is 0 Å². The molecule has 1 aromatic carbocycles. The van der Waals surface area contributed by atoms with Crippen LogP contribution >= 0.6 is 0 Å². The maximum atomic E-state index is 8.85. The van der Waals surface area contributed by atoms with E-state index < -0.39 is 7.12 Å². The van der Waals surface area contributed by atoms with E-state index in [-0.39, 0.29) is 6.61 Å². The maximum absolute atomic E-state index is 8.85. The summed E-state index contributed by atoms with van der Waals surface area (Å²) >= 11 is 0. The fourth-order valence-corrected chi connectivity index (χ4v) is 1.30. The Morgan fingerprint density at radius 1 is 1.00 bits per heavy atom. The van der Waals surface area contributed by atoms with Crippen molar-refractivity contribution in [3.8, 4) is 0 Å². The van der Waals surface area contributed by atoms with Crippen molar-refractivity contribution in [1.29, 1.82) is 0 Å². The standard InChI is InChI=1S/C10H15BO3/c12-8-2-1-3-9-4-6-10(7-5-9)11(13)14/h4-7,12-14H,1-3,8H2. The molecule has 1 rings (SSSR count). The third kappa shape index (κ3) is 3.50. The largest absolute Gasteiger partial charge is 0.488 e. The highest BCUT2D eigenvalue weighted by Gasteiger charge is 2.09. The van der Waals surface area contributed by atoms with Gasteiger partial charge in [-0.15, -0.1) is 0 Å². The molecule has 3 N–H and O–H groups in total. The Balaban J connectivity index is 2.47. The highest BCUT2D eigenvalue weighted by molar-refractivity contribution is 6.58. The van der Waals surface area contributed by atoms with Gasteiger partial charge in [-0.05, 0) is 30.3 Å². The van der Waals surface area contributed by atoms with E-state index in [0.29, 0.717) is 5.46 Å². The van der Waals surface area contributed by atoms with Crippen LogP contribution in [-0.4, -0.2) is 28.9 Å². The molecule has 0 saturated heterocycles. The second-order valence-electron chi connectivity index (χ2n) is 3.30. The molecule has 0 spiro atoms. The van der Waals surface area contributed by atoms with Crippen LogP contribution in [0.3, 0.4) is 0 Å². The second-order valence-corrected chi connectivity index (χ2v) is 3.30. The lowest BCUT2D eigenvalue weighted by Gasteiger charge is -2.02. The summed E-state index contributed by atoms with van der Waals surface area (Å²) in [5.41, 5.74) is 1.67. The van der Waals surface area contributed by atoms with Gasteiger partial charge in [0.1, 0.15) is 0 Å². The molecule has 0 fully saturated rings. The van der Waals surface area contributed by atoms with Gasteiger partial charge >= 0.3 is 7.12 Å². The minimum absolute atomic E-state index is 0.230. The van der Waals surface area contributed by atoms with Crippen LogP contribution in [0.25, 0.3) is 0 Å². The SMILES string of the molecule is OCCCCc1ccc(B(O)O)cc1. The zero-order chi connectivity index (χ0) is 10.4. The first-order valence-electron chi connectivity index (χ1n) is 4.80. The molecule has 0 amide bonds. The van der Waals surface area contributed by atoms with Crippen molar-refractivity contribution >= 4 is 12.6 Å². The third-order valence-electron chi connectivity index (χ3n) is 2.15. The van der Waals surface area contributed by atoms with E-state index in [4.69, 9.17) is 15.2 Å². The Morgan fingerprint density at radius 2 is 1.64 bits per heavy atom. The summed E-state index contributed by atoms with van der Waals surface area (Å²) in [5.74, 6) is 0. The molecule has 0 aliphatic heterocycles. The number of hydrogen-bond donors (Lipinski definition) is 3. The number of aliphatic hydroxyl groups is 1. The zero-order valence-corrected chi connectivity index (χ0v) is 8.06. The van der Waals surface area contributed by atoms with Gasteiger partial charge in [-0.25, -0.2) is 0 Å². The van der Waals surface area contributed by atoms with Crippen molar-refractivity contribution in [2.75, 3.05) is 6.61 Å². The first-order valence-corrected chi connectivity index (χ1v) is 4.80. The number of aliphatic hydroxyl groups excluding tert-OH is 1. The van der Waals surface area contributed by atoms with Gasteiger partial charge < -0.3 is 15.2 Å². The summed E-state index contributed by atoms with van der Waals surface area (Å²) in [6.45, 7) is 0.230. The molecule has 3 nitrogen and oxygen atoms in total. The number of benzene rings is 1. The Morgan fingerprint density at radius 3 is 2.14 bits per heavy atom. The van der Waals surface area contributed by atoms with Gasteiger partial charge in [-0.1, -0.05) is 24.3 Å². The van der Waals surface area contributed by atoms with E-state index in [0.717, 1.165) is 24.8 Å². The fraction of sp³-hybridized carbons (Fsp3) is 0.400. The average molecular weight is 194 g/mol. The number of rotatable bonds is 5. The summed E-state index contributed by atoms with van der Waals surface area (Å²) in [6, 6.07) is 7.18. The molecule has 1 aromatic rings. The lowest BCUT2D eigenvalue weighted by molar-refractivity contribution is 0.284. The number of unbranched alkanes of at least 4 members (excludes halogenated alkanes) is 1. The first kappa shape index (κ1) is 11.2. The molecule has 0 heterocycles. The van der Waals surface area contributed by atoms with Gasteiger partial charge in [-0.3, -0.25) is 0 Å². The fourth-order valence-electron chi connectivity index (χ4n) is 1.30. The molecule has 0 unspecified atom stereocenters. The van der Waals surface area contributed by atoms with E-state index >= 15 is 0 Å². The molecule has 76 valence electrons. The van der Waals surface area contributed by atoms with Crippen LogP contribution in [0.1, 0.15) is 18.4 Å². The maximum Gasteiger partial charge on any atom is 0.488 e. The molecule has 14 heavy (non-hydrogen) atoms. The van der Waals surface area contributed by atoms with Crippen molar-refractivity contribution in [1.82, 2.24) is 0 Å². The van der Waals surface area contributed by atoms with Crippen LogP contribution in [-0.2, 0) is 6.42 Å². The monoisotopic (exact) mass is 194 g/mol. The molecular formula is C10H15BO3. The molecule has 0 aromatic heterocycles. The van der Waals surface area contributed by atoms with Gasteiger partial charge in [0.2, 0.25) is 0 Å². The van der Waals surface area contributed by atoms with Crippen LogP contribution in [0.15, 0.2) is 24.3 Å². The summed E-state index contributed by atoms with van der Waals surface area (Å²) in [4.78, 5) is 0. The van der Waals surface area contributed by atoms with E-state index in [1.54, 1.807) is 12.1 Å². The summed E-state index contributed by atoms with van der Waals surface area (Å²) in [6.07, 6.45) is 2.68. The Kier molecular flexibility index (Phi) is 4.66. The minimum Gasteiger partial charge on any atom is -0.423 e. The number of aryl methyl sites for hydroxylation is 1. The predicted molar refractivity (Wildman–Crippen MR) is 56.3 cm³/mol. The van der Waals surface area contributed by atoms with Gasteiger partial charge in [0.05, 0.1) is 0 Å². The van der Waals surface area contributed by atoms with Crippen molar-refractivity contribution < 1.29 is 15.2 Å². The smallest absolute Gasteiger partial charge is 0.423 e. The third-order valence-corrected chi connectivity index (χ3v) is 2.15. The lowest BCUT2D eigenvalue weighted by atomic mass is 9.80. The van der Waals surface area contributed by atoms with E-state index in [1.807, 2.05) is 12.1 Å². The molecule has 0 atom stereocenters. The van der Waals surface area contributed by atoms with Crippen molar-refractivity contribution in [2.24, 2.45) is 0 Å². The summed E-state index contributed by atoms with van der Waals surface area (Å²) in [5, 5.41) is 26.3.